The Balaban J connectivity index is 1.92. The summed E-state index contributed by atoms with van der Waals surface area (Å²) in [5.74, 6) is 1.33. The molecule has 1 aliphatic rings. The van der Waals surface area contributed by atoms with E-state index >= 15 is 0 Å². The monoisotopic (exact) mass is 283 g/mol. The average molecular weight is 283 g/mol. The van der Waals surface area contributed by atoms with Gasteiger partial charge in [0.2, 0.25) is 0 Å². The SMILES string of the molecule is N#Cc1c(NC2CCCCC2)nn(-c2cccnn2)c1N. The summed E-state index contributed by atoms with van der Waals surface area (Å²) in [4.78, 5) is 0. The maximum absolute atomic E-state index is 9.33. The first-order valence-electron chi connectivity index (χ1n) is 7.13. The minimum atomic E-state index is 0.288. The largest absolute Gasteiger partial charge is 0.382 e. The summed E-state index contributed by atoms with van der Waals surface area (Å²) in [5, 5.41) is 24.9. The van der Waals surface area contributed by atoms with E-state index in [1.54, 1.807) is 18.3 Å². The van der Waals surface area contributed by atoms with Gasteiger partial charge in [0.05, 0.1) is 0 Å². The molecular formula is C14H17N7. The van der Waals surface area contributed by atoms with Crippen molar-refractivity contribution in [3.05, 3.63) is 23.9 Å². The lowest BCUT2D eigenvalue weighted by molar-refractivity contribution is 0.461. The molecule has 2 aromatic heterocycles. The van der Waals surface area contributed by atoms with E-state index in [4.69, 9.17) is 5.73 Å². The maximum atomic E-state index is 9.33. The summed E-state index contributed by atoms with van der Waals surface area (Å²) in [6.07, 6.45) is 7.47. The molecule has 0 spiro atoms. The van der Waals surface area contributed by atoms with Crippen molar-refractivity contribution in [1.29, 1.82) is 5.26 Å². The van der Waals surface area contributed by atoms with Gasteiger partial charge in [-0.15, -0.1) is 10.2 Å². The second-order valence-electron chi connectivity index (χ2n) is 5.19. The van der Waals surface area contributed by atoms with Gasteiger partial charge in [0, 0.05) is 12.2 Å². The zero-order chi connectivity index (χ0) is 14.7. The Hall–Kier alpha value is -2.62. The predicted molar refractivity (Wildman–Crippen MR) is 78.8 cm³/mol. The number of nitrogens with two attached hydrogens (primary N) is 1. The second kappa shape index (κ2) is 5.79. The Kier molecular flexibility index (Phi) is 3.69. The highest BCUT2D eigenvalue weighted by Crippen LogP contribution is 2.27. The van der Waals surface area contributed by atoms with Gasteiger partial charge in [0.15, 0.2) is 11.6 Å². The molecule has 3 rings (SSSR count). The average Bonchev–Trinajstić information content (AvgIpc) is 2.85. The first-order valence-corrected chi connectivity index (χ1v) is 7.13. The number of hydrogen-bond donors (Lipinski definition) is 2. The fraction of sp³-hybridized carbons (Fsp3) is 0.429. The third-order valence-corrected chi connectivity index (χ3v) is 3.75. The molecule has 2 aromatic rings. The van der Waals surface area contributed by atoms with Gasteiger partial charge < -0.3 is 11.1 Å². The number of nitrogens with zero attached hydrogens (tertiary/aromatic N) is 5. The van der Waals surface area contributed by atoms with Gasteiger partial charge in [-0.2, -0.15) is 15.0 Å². The fourth-order valence-corrected chi connectivity index (χ4v) is 2.66. The third-order valence-electron chi connectivity index (χ3n) is 3.75. The quantitative estimate of drug-likeness (QED) is 0.890. The van der Waals surface area contributed by atoms with Crippen molar-refractivity contribution in [2.75, 3.05) is 11.1 Å². The lowest BCUT2D eigenvalue weighted by Crippen LogP contribution is -2.23. The van der Waals surface area contributed by atoms with E-state index in [1.165, 1.54) is 23.9 Å². The summed E-state index contributed by atoms with van der Waals surface area (Å²) in [7, 11) is 0. The van der Waals surface area contributed by atoms with Crippen LogP contribution in [0.25, 0.3) is 5.82 Å². The van der Waals surface area contributed by atoms with Crippen LogP contribution in [0.1, 0.15) is 37.7 Å². The molecule has 1 fully saturated rings. The standard InChI is InChI=1S/C14H17N7/c15-9-11-13(16)21(12-7-4-8-17-19-12)20-14(11)18-10-5-2-1-3-6-10/h4,7-8,10H,1-3,5-6,16H2,(H,18,20). The Morgan fingerprint density at radius 2 is 2.14 bits per heavy atom. The number of anilines is 2. The Labute approximate surface area is 122 Å². The molecule has 21 heavy (non-hydrogen) atoms. The number of rotatable bonds is 3. The highest BCUT2D eigenvalue weighted by molar-refractivity contribution is 5.65. The number of nitriles is 1. The van der Waals surface area contributed by atoms with Crippen LogP contribution in [0, 0.1) is 11.3 Å². The minimum Gasteiger partial charge on any atom is -0.382 e. The topological polar surface area (TPSA) is 105 Å². The number of aromatic nitrogens is 4. The molecule has 7 nitrogen and oxygen atoms in total. The maximum Gasteiger partial charge on any atom is 0.178 e. The van der Waals surface area contributed by atoms with Crippen LogP contribution in [0.2, 0.25) is 0 Å². The first kappa shape index (κ1) is 13.4. The fourth-order valence-electron chi connectivity index (χ4n) is 2.66. The third kappa shape index (κ3) is 2.65. The van der Waals surface area contributed by atoms with E-state index in [9.17, 15) is 5.26 Å². The van der Waals surface area contributed by atoms with Crippen molar-refractivity contribution in [2.45, 2.75) is 38.1 Å². The highest BCUT2D eigenvalue weighted by atomic mass is 15.4. The molecule has 0 unspecified atom stereocenters. The molecule has 1 aliphatic carbocycles. The lowest BCUT2D eigenvalue weighted by Gasteiger charge is -2.22. The van der Waals surface area contributed by atoms with Crippen molar-refractivity contribution >= 4 is 11.6 Å². The molecule has 0 saturated heterocycles. The Morgan fingerprint density at radius 3 is 2.81 bits per heavy atom. The van der Waals surface area contributed by atoms with E-state index in [0.717, 1.165) is 12.8 Å². The van der Waals surface area contributed by atoms with Gasteiger partial charge >= 0.3 is 0 Å². The number of nitrogen functional groups attached to an aromatic ring is 1. The molecule has 108 valence electrons. The van der Waals surface area contributed by atoms with Gasteiger partial charge in [-0.25, -0.2) is 0 Å². The smallest absolute Gasteiger partial charge is 0.178 e. The van der Waals surface area contributed by atoms with Crippen LogP contribution in [0.5, 0.6) is 0 Å². The molecule has 3 N–H and O–H groups in total. The van der Waals surface area contributed by atoms with Gasteiger partial charge in [-0.3, -0.25) is 0 Å². The Bertz CT molecular complexity index is 650. The highest BCUT2D eigenvalue weighted by Gasteiger charge is 2.21. The molecular weight excluding hydrogens is 266 g/mol. The van der Waals surface area contributed by atoms with Crippen LogP contribution in [-0.2, 0) is 0 Å². The van der Waals surface area contributed by atoms with E-state index in [2.05, 4.69) is 26.7 Å². The molecule has 0 bridgehead atoms. The molecule has 0 radical (unpaired) electrons. The van der Waals surface area contributed by atoms with Crippen LogP contribution in [-0.4, -0.2) is 26.0 Å². The summed E-state index contributed by atoms with van der Waals surface area (Å²) in [6, 6.07) is 5.99. The minimum absolute atomic E-state index is 0.288. The zero-order valence-corrected chi connectivity index (χ0v) is 11.7. The van der Waals surface area contributed by atoms with E-state index in [-0.39, 0.29) is 5.82 Å². The summed E-state index contributed by atoms with van der Waals surface area (Å²) >= 11 is 0. The van der Waals surface area contributed by atoms with E-state index in [0.29, 0.717) is 23.2 Å². The van der Waals surface area contributed by atoms with Crippen LogP contribution in [0.4, 0.5) is 11.6 Å². The molecule has 0 aliphatic heterocycles. The summed E-state index contributed by atoms with van der Waals surface area (Å²) in [6.45, 7) is 0. The molecule has 2 heterocycles. The van der Waals surface area contributed by atoms with Crippen molar-refractivity contribution in [1.82, 2.24) is 20.0 Å². The second-order valence-corrected chi connectivity index (χ2v) is 5.19. The Morgan fingerprint density at radius 1 is 1.33 bits per heavy atom. The molecule has 1 saturated carbocycles. The summed E-state index contributed by atoms with van der Waals surface area (Å²) < 4.78 is 1.46. The van der Waals surface area contributed by atoms with Gasteiger partial charge in [0.25, 0.3) is 0 Å². The van der Waals surface area contributed by atoms with Crippen molar-refractivity contribution in [3.8, 4) is 11.9 Å². The van der Waals surface area contributed by atoms with E-state index in [1.807, 2.05) is 0 Å². The van der Waals surface area contributed by atoms with Crippen LogP contribution in [0.15, 0.2) is 18.3 Å². The molecule has 0 atom stereocenters. The van der Waals surface area contributed by atoms with Crippen molar-refractivity contribution in [3.63, 3.8) is 0 Å². The lowest BCUT2D eigenvalue weighted by atomic mass is 9.95. The zero-order valence-electron chi connectivity index (χ0n) is 11.7. The van der Waals surface area contributed by atoms with E-state index < -0.39 is 0 Å². The number of hydrogen-bond acceptors (Lipinski definition) is 6. The first-order chi connectivity index (χ1) is 10.3. The van der Waals surface area contributed by atoms with Crippen molar-refractivity contribution < 1.29 is 0 Å². The van der Waals surface area contributed by atoms with Crippen LogP contribution < -0.4 is 11.1 Å². The number of nitrogens with one attached hydrogen (secondary N) is 1. The van der Waals surface area contributed by atoms with Crippen LogP contribution in [0.3, 0.4) is 0 Å². The normalized spacial score (nSPS) is 15.6. The van der Waals surface area contributed by atoms with Crippen molar-refractivity contribution in [2.24, 2.45) is 0 Å². The van der Waals surface area contributed by atoms with Crippen LogP contribution >= 0.6 is 0 Å². The molecule has 7 heteroatoms. The summed E-state index contributed by atoms with van der Waals surface area (Å²) in [5.41, 5.74) is 6.39. The van der Waals surface area contributed by atoms with Gasteiger partial charge in [-0.1, -0.05) is 19.3 Å². The predicted octanol–water partition coefficient (Wildman–Crippen LogP) is 1.86. The van der Waals surface area contributed by atoms with Gasteiger partial charge in [0.1, 0.15) is 17.5 Å². The van der Waals surface area contributed by atoms with Gasteiger partial charge in [-0.05, 0) is 25.0 Å². The molecule has 0 aromatic carbocycles. The molecule has 0 amide bonds.